The highest BCUT2D eigenvalue weighted by atomic mass is 35.5. The SMILES string of the molecule is CCCC1CC(NCCc2ccc(Cl)cc2Cl)CCO1. The van der Waals surface area contributed by atoms with Crippen molar-refractivity contribution in [1.29, 1.82) is 0 Å². The Labute approximate surface area is 131 Å². The lowest BCUT2D eigenvalue weighted by molar-refractivity contribution is -0.00300. The van der Waals surface area contributed by atoms with E-state index in [1.165, 1.54) is 12.8 Å². The summed E-state index contributed by atoms with van der Waals surface area (Å²) in [5, 5.41) is 5.08. The van der Waals surface area contributed by atoms with Crippen LogP contribution in [0.1, 0.15) is 38.2 Å². The molecule has 0 bridgehead atoms. The predicted octanol–water partition coefficient (Wildman–Crippen LogP) is 4.47. The van der Waals surface area contributed by atoms with Gasteiger partial charge in [-0.25, -0.2) is 0 Å². The van der Waals surface area contributed by atoms with Gasteiger partial charge in [-0.15, -0.1) is 0 Å². The van der Waals surface area contributed by atoms with Gasteiger partial charge in [-0.2, -0.15) is 0 Å². The number of hydrogen-bond donors (Lipinski definition) is 1. The smallest absolute Gasteiger partial charge is 0.0589 e. The molecule has 0 radical (unpaired) electrons. The summed E-state index contributed by atoms with van der Waals surface area (Å²) in [5.74, 6) is 0. The van der Waals surface area contributed by atoms with E-state index in [1.807, 2.05) is 18.2 Å². The summed E-state index contributed by atoms with van der Waals surface area (Å²) in [7, 11) is 0. The van der Waals surface area contributed by atoms with E-state index in [4.69, 9.17) is 27.9 Å². The Morgan fingerprint density at radius 3 is 2.95 bits per heavy atom. The van der Waals surface area contributed by atoms with Crippen LogP contribution < -0.4 is 5.32 Å². The van der Waals surface area contributed by atoms with Crippen molar-refractivity contribution >= 4 is 23.2 Å². The van der Waals surface area contributed by atoms with Gasteiger partial charge in [0.05, 0.1) is 6.10 Å². The third kappa shape index (κ3) is 4.92. The molecule has 2 unspecified atom stereocenters. The topological polar surface area (TPSA) is 21.3 Å². The summed E-state index contributed by atoms with van der Waals surface area (Å²) in [6.07, 6.45) is 5.96. The molecule has 1 N–H and O–H groups in total. The summed E-state index contributed by atoms with van der Waals surface area (Å²) >= 11 is 12.1. The average Bonchev–Trinajstić information content (AvgIpc) is 2.42. The van der Waals surface area contributed by atoms with E-state index in [0.29, 0.717) is 17.2 Å². The molecule has 112 valence electrons. The monoisotopic (exact) mass is 315 g/mol. The molecule has 2 nitrogen and oxygen atoms in total. The van der Waals surface area contributed by atoms with E-state index in [9.17, 15) is 0 Å². The van der Waals surface area contributed by atoms with Crippen LogP contribution in [-0.2, 0) is 11.2 Å². The van der Waals surface area contributed by atoms with Crippen LogP contribution in [0.2, 0.25) is 10.0 Å². The van der Waals surface area contributed by atoms with Gasteiger partial charge < -0.3 is 10.1 Å². The fourth-order valence-corrected chi connectivity index (χ4v) is 3.23. The molecule has 1 aromatic carbocycles. The minimum Gasteiger partial charge on any atom is -0.378 e. The number of ether oxygens (including phenoxy) is 1. The summed E-state index contributed by atoms with van der Waals surface area (Å²) < 4.78 is 5.77. The highest BCUT2D eigenvalue weighted by Crippen LogP contribution is 2.22. The largest absolute Gasteiger partial charge is 0.378 e. The molecule has 1 aliphatic rings. The van der Waals surface area contributed by atoms with Crippen molar-refractivity contribution in [1.82, 2.24) is 5.32 Å². The molecular weight excluding hydrogens is 293 g/mol. The third-order valence-electron chi connectivity index (χ3n) is 3.82. The zero-order valence-electron chi connectivity index (χ0n) is 12.0. The van der Waals surface area contributed by atoms with E-state index in [2.05, 4.69) is 12.2 Å². The summed E-state index contributed by atoms with van der Waals surface area (Å²) in [4.78, 5) is 0. The van der Waals surface area contributed by atoms with Crippen molar-refractivity contribution in [3.8, 4) is 0 Å². The first-order valence-electron chi connectivity index (χ1n) is 7.48. The number of benzene rings is 1. The van der Waals surface area contributed by atoms with Gasteiger partial charge in [-0.05, 0) is 49.9 Å². The molecule has 0 saturated carbocycles. The van der Waals surface area contributed by atoms with Gasteiger partial charge >= 0.3 is 0 Å². The van der Waals surface area contributed by atoms with Gasteiger partial charge in [0.2, 0.25) is 0 Å². The lowest BCUT2D eigenvalue weighted by Gasteiger charge is -2.30. The van der Waals surface area contributed by atoms with Gasteiger partial charge in [0.25, 0.3) is 0 Å². The van der Waals surface area contributed by atoms with Gasteiger partial charge in [-0.3, -0.25) is 0 Å². The molecule has 0 spiro atoms. The van der Waals surface area contributed by atoms with Gasteiger partial charge in [0.1, 0.15) is 0 Å². The highest BCUT2D eigenvalue weighted by molar-refractivity contribution is 6.35. The minimum absolute atomic E-state index is 0.436. The Hall–Kier alpha value is -0.280. The molecule has 2 rings (SSSR count). The normalized spacial score (nSPS) is 22.9. The van der Waals surface area contributed by atoms with Crippen LogP contribution in [0.4, 0.5) is 0 Å². The van der Waals surface area contributed by atoms with Crippen LogP contribution in [0.15, 0.2) is 18.2 Å². The highest BCUT2D eigenvalue weighted by Gasteiger charge is 2.21. The van der Waals surface area contributed by atoms with Crippen molar-refractivity contribution in [2.75, 3.05) is 13.2 Å². The van der Waals surface area contributed by atoms with Crippen LogP contribution in [-0.4, -0.2) is 25.3 Å². The first-order chi connectivity index (χ1) is 9.69. The van der Waals surface area contributed by atoms with E-state index < -0.39 is 0 Å². The standard InChI is InChI=1S/C16H23Cl2NO/c1-2-3-15-11-14(7-9-20-15)19-8-6-12-4-5-13(17)10-16(12)18/h4-5,10,14-15,19H,2-3,6-9,11H2,1H3. The minimum atomic E-state index is 0.436. The summed E-state index contributed by atoms with van der Waals surface area (Å²) in [6, 6.07) is 6.29. The Morgan fingerprint density at radius 2 is 2.20 bits per heavy atom. The molecule has 1 heterocycles. The Bertz CT molecular complexity index is 423. The van der Waals surface area contributed by atoms with Gasteiger partial charge in [0, 0.05) is 22.7 Å². The molecule has 4 heteroatoms. The molecule has 0 aromatic heterocycles. The molecule has 20 heavy (non-hydrogen) atoms. The third-order valence-corrected chi connectivity index (χ3v) is 4.41. The van der Waals surface area contributed by atoms with Crippen molar-refractivity contribution in [3.05, 3.63) is 33.8 Å². The fraction of sp³-hybridized carbons (Fsp3) is 0.625. The second kappa shape index (κ2) is 8.23. The second-order valence-corrected chi connectivity index (χ2v) is 6.29. The van der Waals surface area contributed by atoms with Crippen molar-refractivity contribution < 1.29 is 4.74 Å². The summed E-state index contributed by atoms with van der Waals surface area (Å²) in [5.41, 5.74) is 1.15. The van der Waals surface area contributed by atoms with Crippen LogP contribution >= 0.6 is 23.2 Å². The lowest BCUT2D eigenvalue weighted by atomic mass is 10.00. The molecule has 1 saturated heterocycles. The maximum absolute atomic E-state index is 6.18. The van der Waals surface area contributed by atoms with Crippen molar-refractivity contribution in [2.24, 2.45) is 0 Å². The predicted molar refractivity (Wildman–Crippen MR) is 85.8 cm³/mol. The van der Waals surface area contributed by atoms with E-state index in [0.717, 1.165) is 43.0 Å². The van der Waals surface area contributed by atoms with Crippen molar-refractivity contribution in [2.45, 2.75) is 51.2 Å². The Morgan fingerprint density at radius 1 is 1.35 bits per heavy atom. The van der Waals surface area contributed by atoms with Crippen LogP contribution in [0, 0.1) is 0 Å². The number of nitrogens with one attached hydrogen (secondary N) is 1. The van der Waals surface area contributed by atoms with Gasteiger partial charge in [0.15, 0.2) is 0 Å². The maximum Gasteiger partial charge on any atom is 0.0589 e. The number of rotatable bonds is 6. The molecule has 2 atom stereocenters. The van der Waals surface area contributed by atoms with Crippen LogP contribution in [0.5, 0.6) is 0 Å². The maximum atomic E-state index is 6.18. The molecular formula is C16H23Cl2NO. The molecule has 0 amide bonds. The fourth-order valence-electron chi connectivity index (χ4n) is 2.72. The van der Waals surface area contributed by atoms with E-state index in [-0.39, 0.29) is 0 Å². The zero-order chi connectivity index (χ0) is 14.4. The molecule has 1 aromatic rings. The first-order valence-corrected chi connectivity index (χ1v) is 8.23. The molecule has 0 aliphatic carbocycles. The Balaban J connectivity index is 1.75. The van der Waals surface area contributed by atoms with Crippen LogP contribution in [0.25, 0.3) is 0 Å². The quantitative estimate of drug-likeness (QED) is 0.836. The van der Waals surface area contributed by atoms with Crippen LogP contribution in [0.3, 0.4) is 0 Å². The second-order valence-electron chi connectivity index (χ2n) is 5.44. The summed E-state index contributed by atoms with van der Waals surface area (Å²) in [6.45, 7) is 4.04. The molecule has 1 fully saturated rings. The number of halogens is 2. The van der Waals surface area contributed by atoms with E-state index >= 15 is 0 Å². The first kappa shape index (κ1) is 16.1. The average molecular weight is 316 g/mol. The Kier molecular flexibility index (Phi) is 6.63. The zero-order valence-corrected chi connectivity index (χ0v) is 13.5. The lowest BCUT2D eigenvalue weighted by Crippen LogP contribution is -2.39. The number of hydrogen-bond acceptors (Lipinski definition) is 2. The van der Waals surface area contributed by atoms with E-state index in [1.54, 1.807) is 0 Å². The van der Waals surface area contributed by atoms with Crippen molar-refractivity contribution in [3.63, 3.8) is 0 Å². The molecule has 1 aliphatic heterocycles. The van der Waals surface area contributed by atoms with Gasteiger partial charge in [-0.1, -0.05) is 42.6 Å².